The van der Waals surface area contributed by atoms with E-state index in [1.54, 1.807) is 12.1 Å². The summed E-state index contributed by atoms with van der Waals surface area (Å²) in [6, 6.07) is 3.26. The first-order valence-electron chi connectivity index (χ1n) is 12.7. The number of rotatable bonds is 10. The van der Waals surface area contributed by atoms with Crippen LogP contribution in [0.15, 0.2) is 24.4 Å². The van der Waals surface area contributed by atoms with E-state index in [0.29, 0.717) is 34.4 Å². The van der Waals surface area contributed by atoms with Crippen LogP contribution in [0, 0.1) is 5.92 Å². The van der Waals surface area contributed by atoms with Crippen LogP contribution in [0.3, 0.4) is 0 Å². The molecule has 9 heteroatoms. The number of fused-ring (bicyclic) bond motifs is 2. The van der Waals surface area contributed by atoms with Crippen LogP contribution in [0.5, 0.6) is 5.75 Å². The van der Waals surface area contributed by atoms with Gasteiger partial charge in [-0.05, 0) is 50.9 Å². The summed E-state index contributed by atoms with van der Waals surface area (Å²) in [7, 11) is 1.51. The van der Waals surface area contributed by atoms with E-state index in [4.69, 9.17) is 26.8 Å². The number of nitrogens with two attached hydrogens (primary N) is 1. The number of methoxy groups -OCH3 is 1. The highest BCUT2D eigenvalue weighted by atomic mass is 35.5. The molecule has 1 aromatic rings. The Kier molecular flexibility index (Phi) is 8.78. The van der Waals surface area contributed by atoms with E-state index in [9.17, 15) is 9.59 Å². The second kappa shape index (κ2) is 12.0. The Morgan fingerprint density at radius 3 is 2.60 bits per heavy atom. The normalized spacial score (nSPS) is 22.3. The number of unbranched alkanes of at least 4 members (excludes halogenated alkanes) is 2. The van der Waals surface area contributed by atoms with Crippen LogP contribution in [0.4, 0.5) is 5.69 Å². The standard InChI is InChI=1S/C26H37ClN4O4/c1-34-23-16-22(28)21(27)15-20(23)26(33)29-19-8-13-30(14-9-19)10-4-2-3-5-25(32)35-24-17-31-11-6-18(24)7-12-31/h6,11,15-16,18-19,24H,2-5,7-10,12-14,17,28H2,1H3,(H,29,33)/t18?,24-/m0/s1. The van der Waals surface area contributed by atoms with E-state index in [0.717, 1.165) is 71.2 Å². The summed E-state index contributed by atoms with van der Waals surface area (Å²) in [6.07, 6.45) is 10.7. The molecule has 35 heavy (non-hydrogen) atoms. The van der Waals surface area contributed by atoms with Gasteiger partial charge in [-0.25, -0.2) is 0 Å². The topological polar surface area (TPSA) is 97.1 Å². The zero-order chi connectivity index (χ0) is 24.8. The first-order valence-corrected chi connectivity index (χ1v) is 13.1. The fourth-order valence-electron chi connectivity index (χ4n) is 5.16. The number of anilines is 1. The van der Waals surface area contributed by atoms with Crippen LogP contribution in [-0.2, 0) is 9.53 Å². The number of carbonyl (C=O) groups excluding carboxylic acids is 2. The lowest BCUT2D eigenvalue weighted by molar-refractivity contribution is -0.154. The third-order valence-corrected chi connectivity index (χ3v) is 7.64. The number of carbonyl (C=O) groups is 2. The molecular formula is C26H37ClN4O4. The zero-order valence-electron chi connectivity index (χ0n) is 20.5. The molecule has 1 aromatic carbocycles. The van der Waals surface area contributed by atoms with Gasteiger partial charge < -0.3 is 30.3 Å². The minimum absolute atomic E-state index is 0.0288. The molecule has 0 saturated carbocycles. The molecule has 4 aliphatic rings. The molecule has 8 nitrogen and oxygen atoms in total. The van der Waals surface area contributed by atoms with Crippen LogP contribution in [0.25, 0.3) is 0 Å². The lowest BCUT2D eigenvalue weighted by atomic mass is 9.90. The van der Waals surface area contributed by atoms with Gasteiger partial charge in [0, 0.05) is 44.1 Å². The number of nitrogens with zero attached hydrogens (tertiary/aromatic N) is 2. The third-order valence-electron chi connectivity index (χ3n) is 7.31. The average Bonchev–Trinajstić information content (AvgIpc) is 2.87. The van der Waals surface area contributed by atoms with E-state index in [-0.39, 0.29) is 24.0 Å². The summed E-state index contributed by atoms with van der Waals surface area (Å²) in [5.41, 5.74) is 6.60. The fraction of sp³-hybridized carbons (Fsp3) is 0.615. The monoisotopic (exact) mass is 504 g/mol. The molecule has 2 atom stereocenters. The zero-order valence-corrected chi connectivity index (χ0v) is 21.3. The van der Waals surface area contributed by atoms with E-state index in [1.807, 2.05) is 0 Å². The second-order valence-electron chi connectivity index (χ2n) is 9.79. The molecule has 192 valence electrons. The molecule has 0 aromatic heterocycles. The Morgan fingerprint density at radius 1 is 1.14 bits per heavy atom. The van der Waals surface area contributed by atoms with Gasteiger partial charge in [-0.2, -0.15) is 0 Å². The first-order chi connectivity index (χ1) is 16.9. The van der Waals surface area contributed by atoms with Crippen molar-refractivity contribution < 1.29 is 19.1 Å². The number of likely N-dealkylation sites (tertiary alicyclic amines) is 1. The number of benzene rings is 1. The number of amides is 1. The molecule has 4 aliphatic heterocycles. The third kappa shape index (κ3) is 6.82. The van der Waals surface area contributed by atoms with Gasteiger partial charge in [-0.1, -0.05) is 24.1 Å². The van der Waals surface area contributed by atoms with Gasteiger partial charge in [0.1, 0.15) is 11.9 Å². The molecule has 3 N–H and O–H groups in total. The van der Waals surface area contributed by atoms with Gasteiger partial charge in [0.25, 0.3) is 5.91 Å². The van der Waals surface area contributed by atoms with Crippen molar-refractivity contribution in [3.05, 3.63) is 35.0 Å². The first kappa shape index (κ1) is 25.6. The van der Waals surface area contributed by atoms with E-state index >= 15 is 0 Å². The molecule has 1 unspecified atom stereocenters. The number of esters is 1. The Morgan fingerprint density at radius 2 is 1.94 bits per heavy atom. The summed E-state index contributed by atoms with van der Waals surface area (Å²) < 4.78 is 11.0. The molecule has 0 radical (unpaired) electrons. The lowest BCUT2D eigenvalue weighted by Crippen LogP contribution is -2.46. The number of nitrogen functional groups attached to an aromatic ring is 1. The Labute approximate surface area is 212 Å². The van der Waals surface area contributed by atoms with E-state index in [1.165, 1.54) is 7.11 Å². The maximum Gasteiger partial charge on any atom is 0.306 e. The van der Waals surface area contributed by atoms with Crippen molar-refractivity contribution >= 4 is 29.2 Å². The van der Waals surface area contributed by atoms with Crippen LogP contribution in [0.1, 0.15) is 55.3 Å². The summed E-state index contributed by atoms with van der Waals surface area (Å²) in [6.45, 7) is 4.82. The highest BCUT2D eigenvalue weighted by molar-refractivity contribution is 6.33. The Bertz CT molecular complexity index is 932. The molecule has 2 fully saturated rings. The van der Waals surface area contributed by atoms with Gasteiger partial charge in [0.2, 0.25) is 0 Å². The SMILES string of the molecule is COc1cc(N)c(Cl)cc1C(=O)NC1CCN(CCCCCC(=O)O[C@H]2CN3C=CC2CC3)CC1. The second-order valence-corrected chi connectivity index (χ2v) is 10.2. The number of piperidine rings is 2. The van der Waals surface area contributed by atoms with Gasteiger partial charge in [-0.3, -0.25) is 9.59 Å². The van der Waals surface area contributed by atoms with Gasteiger partial charge in [-0.15, -0.1) is 0 Å². The number of hydrogen-bond acceptors (Lipinski definition) is 7. The van der Waals surface area contributed by atoms with Crippen molar-refractivity contribution in [3.8, 4) is 5.75 Å². The number of ether oxygens (including phenoxy) is 2. The highest BCUT2D eigenvalue weighted by Crippen LogP contribution is 2.29. The van der Waals surface area contributed by atoms with Crippen molar-refractivity contribution in [2.75, 3.05) is 45.6 Å². The molecule has 0 spiro atoms. The number of nitrogens with one attached hydrogen (secondary N) is 1. The average molecular weight is 505 g/mol. The quantitative estimate of drug-likeness (QED) is 0.286. The van der Waals surface area contributed by atoms with Gasteiger partial charge in [0.15, 0.2) is 0 Å². The summed E-state index contributed by atoms with van der Waals surface area (Å²) in [5.74, 6) is 0.561. The molecule has 4 heterocycles. The largest absolute Gasteiger partial charge is 0.496 e. The smallest absolute Gasteiger partial charge is 0.306 e. The number of halogens is 1. The van der Waals surface area contributed by atoms with Crippen molar-refractivity contribution in [2.45, 2.75) is 57.1 Å². The van der Waals surface area contributed by atoms with Crippen molar-refractivity contribution in [2.24, 2.45) is 5.92 Å². The minimum Gasteiger partial charge on any atom is -0.496 e. The van der Waals surface area contributed by atoms with Gasteiger partial charge >= 0.3 is 5.97 Å². The maximum atomic E-state index is 12.8. The minimum atomic E-state index is -0.191. The molecular weight excluding hydrogens is 468 g/mol. The summed E-state index contributed by atoms with van der Waals surface area (Å²) in [5, 5.41) is 3.45. The summed E-state index contributed by atoms with van der Waals surface area (Å²) >= 11 is 6.10. The lowest BCUT2D eigenvalue weighted by Gasteiger charge is -2.40. The molecule has 2 saturated heterocycles. The maximum absolute atomic E-state index is 12.8. The molecule has 0 aliphatic carbocycles. The molecule has 1 amide bonds. The number of hydrogen-bond donors (Lipinski definition) is 2. The van der Waals surface area contributed by atoms with Crippen molar-refractivity contribution in [1.29, 1.82) is 0 Å². The van der Waals surface area contributed by atoms with Crippen LogP contribution >= 0.6 is 11.6 Å². The van der Waals surface area contributed by atoms with Crippen LogP contribution in [0.2, 0.25) is 5.02 Å². The predicted octanol–water partition coefficient (Wildman–Crippen LogP) is 3.45. The molecule has 5 rings (SSSR count). The highest BCUT2D eigenvalue weighted by Gasteiger charge is 2.32. The molecule has 2 bridgehead atoms. The van der Waals surface area contributed by atoms with Crippen molar-refractivity contribution in [1.82, 2.24) is 15.1 Å². The van der Waals surface area contributed by atoms with E-state index < -0.39 is 0 Å². The van der Waals surface area contributed by atoms with Crippen LogP contribution in [-0.4, -0.2) is 73.7 Å². The Hall–Kier alpha value is -2.45. The predicted molar refractivity (Wildman–Crippen MR) is 137 cm³/mol. The van der Waals surface area contributed by atoms with Crippen LogP contribution < -0.4 is 15.8 Å². The summed E-state index contributed by atoms with van der Waals surface area (Å²) in [4.78, 5) is 29.6. The Balaban J connectivity index is 1.09. The van der Waals surface area contributed by atoms with Gasteiger partial charge in [0.05, 0.1) is 29.9 Å². The van der Waals surface area contributed by atoms with E-state index in [2.05, 4.69) is 27.4 Å². The fourth-order valence-corrected chi connectivity index (χ4v) is 5.32. The van der Waals surface area contributed by atoms with Crippen molar-refractivity contribution in [3.63, 3.8) is 0 Å².